The lowest BCUT2D eigenvalue weighted by Gasteiger charge is -2.29. The zero-order valence-corrected chi connectivity index (χ0v) is 14.4. The summed E-state index contributed by atoms with van der Waals surface area (Å²) in [6.07, 6.45) is 5.52. The summed E-state index contributed by atoms with van der Waals surface area (Å²) in [6, 6.07) is 0.0510. The van der Waals surface area contributed by atoms with Gasteiger partial charge in [0, 0.05) is 12.5 Å². The average Bonchev–Trinajstić information content (AvgIpc) is 2.70. The Morgan fingerprint density at radius 2 is 1.95 bits per heavy atom. The maximum absolute atomic E-state index is 12.5. The van der Waals surface area contributed by atoms with E-state index in [2.05, 4.69) is 28.6 Å². The number of unbranched alkanes of at least 4 members (excludes halogenated alkanes) is 1. The third-order valence-electron chi connectivity index (χ3n) is 4.48. The van der Waals surface area contributed by atoms with Crippen LogP contribution in [0.1, 0.15) is 66.2 Å². The summed E-state index contributed by atoms with van der Waals surface area (Å²) in [5.74, 6) is 0.0578. The van der Waals surface area contributed by atoms with Crippen LogP contribution < -0.4 is 0 Å². The van der Waals surface area contributed by atoms with E-state index >= 15 is 0 Å². The lowest BCUT2D eigenvalue weighted by Crippen LogP contribution is -2.39. The Kier molecular flexibility index (Phi) is 6.63. The van der Waals surface area contributed by atoms with Gasteiger partial charge < -0.3 is 0 Å². The van der Waals surface area contributed by atoms with Crippen LogP contribution in [0.3, 0.4) is 0 Å². The highest BCUT2D eigenvalue weighted by Crippen LogP contribution is 2.38. The summed E-state index contributed by atoms with van der Waals surface area (Å²) in [5, 5.41) is -0.170. The molecule has 0 N–H and O–H groups in total. The average molecular weight is 297 g/mol. The van der Waals surface area contributed by atoms with Crippen LogP contribution in [0.25, 0.3) is 0 Å². The van der Waals surface area contributed by atoms with Crippen LogP contribution in [0.4, 0.5) is 0 Å². The van der Waals surface area contributed by atoms with Gasteiger partial charge in [0.25, 0.3) is 0 Å². The van der Waals surface area contributed by atoms with Crippen LogP contribution in [0.2, 0.25) is 0 Å². The smallest absolute Gasteiger partial charge is 0.243 e. The van der Waals surface area contributed by atoms with Gasteiger partial charge in [-0.2, -0.15) is 11.8 Å². The molecule has 3 nitrogen and oxygen atoms in total. The highest BCUT2D eigenvalue weighted by molar-refractivity contribution is 8.03. The van der Waals surface area contributed by atoms with Crippen LogP contribution in [0, 0.1) is 0 Å². The number of rotatable bonds is 8. The quantitative estimate of drug-likeness (QED) is 0.510. The van der Waals surface area contributed by atoms with Gasteiger partial charge in [-0.15, -0.1) is 0 Å². The van der Waals surface area contributed by atoms with Crippen molar-refractivity contribution in [2.45, 2.75) is 82.2 Å². The number of hydrogen-bond donors (Lipinski definition) is 0. The summed E-state index contributed by atoms with van der Waals surface area (Å²) in [5.41, 5.74) is 0. The second-order valence-electron chi connectivity index (χ2n) is 6.06. The minimum Gasteiger partial charge on any atom is -0.279 e. The molecule has 20 heavy (non-hydrogen) atoms. The Morgan fingerprint density at radius 1 is 1.35 bits per heavy atom. The minimum absolute atomic E-state index is 0.0191. The molecule has 0 aliphatic carbocycles. The van der Waals surface area contributed by atoms with E-state index in [1.807, 2.05) is 6.92 Å². The second-order valence-corrected chi connectivity index (χ2v) is 7.85. The van der Waals surface area contributed by atoms with Crippen molar-refractivity contribution >= 4 is 31.4 Å². The molecule has 5 heteroatoms. The standard InChI is InChI=1S/C15H28BNO2S/c1-5-8-9-11(4)17-13(18)10-12(14(17)19)20-15(16,6-2)7-3/h11-12H,5-10,16H2,1-4H3/t11-,12?/m1/s1. The van der Waals surface area contributed by atoms with Crippen LogP contribution in [-0.4, -0.2) is 40.5 Å². The van der Waals surface area contributed by atoms with Crippen molar-refractivity contribution in [3.8, 4) is 0 Å². The fourth-order valence-electron chi connectivity index (χ4n) is 2.57. The number of amides is 2. The molecule has 0 saturated carbocycles. The van der Waals surface area contributed by atoms with Crippen LogP contribution in [0.15, 0.2) is 0 Å². The van der Waals surface area contributed by atoms with Gasteiger partial charge in [0.1, 0.15) is 7.85 Å². The molecule has 1 rings (SSSR count). The van der Waals surface area contributed by atoms with E-state index in [4.69, 9.17) is 0 Å². The third-order valence-corrected chi connectivity index (χ3v) is 6.28. The molecule has 1 fully saturated rings. The topological polar surface area (TPSA) is 37.4 Å². The van der Waals surface area contributed by atoms with Crippen molar-refractivity contribution in [3.63, 3.8) is 0 Å². The van der Waals surface area contributed by atoms with E-state index in [-0.39, 0.29) is 27.8 Å². The largest absolute Gasteiger partial charge is 0.279 e. The fraction of sp³-hybridized carbons (Fsp3) is 0.867. The fourth-order valence-corrected chi connectivity index (χ4v) is 4.03. The predicted octanol–water partition coefficient (Wildman–Crippen LogP) is 2.58. The molecule has 0 spiro atoms. The van der Waals surface area contributed by atoms with E-state index in [0.717, 1.165) is 32.1 Å². The molecule has 114 valence electrons. The van der Waals surface area contributed by atoms with E-state index < -0.39 is 0 Å². The number of imide groups is 1. The molecular weight excluding hydrogens is 269 g/mol. The van der Waals surface area contributed by atoms with E-state index in [1.54, 1.807) is 11.8 Å². The molecule has 0 aromatic rings. The predicted molar refractivity (Wildman–Crippen MR) is 88.7 cm³/mol. The molecule has 1 unspecified atom stereocenters. The maximum atomic E-state index is 12.5. The number of likely N-dealkylation sites (tertiary alicyclic amines) is 1. The van der Waals surface area contributed by atoms with E-state index in [9.17, 15) is 9.59 Å². The first-order chi connectivity index (χ1) is 9.38. The Morgan fingerprint density at radius 3 is 2.45 bits per heavy atom. The Hall–Kier alpha value is -0.445. The molecule has 1 heterocycles. The van der Waals surface area contributed by atoms with Gasteiger partial charge in [0.15, 0.2) is 0 Å². The molecule has 1 aliphatic rings. The van der Waals surface area contributed by atoms with Crippen molar-refractivity contribution in [2.24, 2.45) is 0 Å². The third kappa shape index (κ3) is 4.03. The van der Waals surface area contributed by atoms with Crippen LogP contribution in [0.5, 0.6) is 0 Å². The van der Waals surface area contributed by atoms with Gasteiger partial charge in [-0.25, -0.2) is 0 Å². The van der Waals surface area contributed by atoms with Gasteiger partial charge >= 0.3 is 0 Å². The molecule has 2 atom stereocenters. The first-order valence-electron chi connectivity index (χ1n) is 7.92. The van der Waals surface area contributed by atoms with E-state index in [0.29, 0.717) is 6.42 Å². The van der Waals surface area contributed by atoms with E-state index in [1.165, 1.54) is 4.90 Å². The van der Waals surface area contributed by atoms with Gasteiger partial charge in [0.05, 0.1) is 5.25 Å². The molecule has 0 aromatic heterocycles. The van der Waals surface area contributed by atoms with Gasteiger partial charge in [-0.3, -0.25) is 14.5 Å². The molecule has 1 aliphatic heterocycles. The highest BCUT2D eigenvalue weighted by Gasteiger charge is 2.43. The molecule has 0 bridgehead atoms. The Balaban J connectivity index is 2.71. The number of nitrogens with zero attached hydrogens (tertiary/aromatic N) is 1. The van der Waals surface area contributed by atoms with Gasteiger partial charge in [-0.05, 0) is 30.8 Å². The minimum atomic E-state index is -0.170. The molecule has 1 saturated heterocycles. The monoisotopic (exact) mass is 297 g/mol. The van der Waals surface area contributed by atoms with Crippen molar-refractivity contribution in [1.82, 2.24) is 4.90 Å². The zero-order chi connectivity index (χ0) is 15.3. The van der Waals surface area contributed by atoms with Crippen molar-refractivity contribution in [3.05, 3.63) is 0 Å². The van der Waals surface area contributed by atoms with Crippen molar-refractivity contribution in [1.29, 1.82) is 0 Å². The Labute approximate surface area is 128 Å². The number of hydrogen-bond acceptors (Lipinski definition) is 3. The van der Waals surface area contributed by atoms with Gasteiger partial charge in [-0.1, -0.05) is 33.6 Å². The Bertz CT molecular complexity index is 358. The summed E-state index contributed by atoms with van der Waals surface area (Å²) in [4.78, 5) is 26.2. The molecule has 0 aromatic carbocycles. The van der Waals surface area contributed by atoms with Crippen molar-refractivity contribution < 1.29 is 9.59 Å². The maximum Gasteiger partial charge on any atom is 0.243 e. The number of thioether (sulfide) groups is 1. The van der Waals surface area contributed by atoms with Crippen LogP contribution in [-0.2, 0) is 9.59 Å². The number of carbonyl (C=O) groups excluding carboxylic acids is 2. The second kappa shape index (κ2) is 7.53. The lowest BCUT2D eigenvalue weighted by atomic mass is 9.81. The zero-order valence-electron chi connectivity index (χ0n) is 13.6. The highest BCUT2D eigenvalue weighted by atomic mass is 32.2. The van der Waals surface area contributed by atoms with Gasteiger partial charge in [0.2, 0.25) is 11.8 Å². The lowest BCUT2D eigenvalue weighted by molar-refractivity contribution is -0.140. The SMILES string of the molecule is BC(CC)(CC)SC1CC(=O)N([C@H](C)CCCC)C1=O. The van der Waals surface area contributed by atoms with Crippen molar-refractivity contribution in [2.75, 3.05) is 0 Å². The normalized spacial score (nSPS) is 21.6. The molecular formula is C15H28BNO2S. The van der Waals surface area contributed by atoms with Crippen LogP contribution >= 0.6 is 11.8 Å². The first-order valence-corrected chi connectivity index (χ1v) is 8.80. The number of carbonyl (C=O) groups is 2. The molecule has 0 radical (unpaired) electrons. The summed E-state index contributed by atoms with van der Waals surface area (Å²) in [7, 11) is 2.19. The molecule has 2 amide bonds. The summed E-state index contributed by atoms with van der Waals surface area (Å²) < 4.78 is 0.100. The summed E-state index contributed by atoms with van der Waals surface area (Å²) in [6.45, 7) is 8.43. The summed E-state index contributed by atoms with van der Waals surface area (Å²) >= 11 is 1.70. The first kappa shape index (κ1) is 17.6.